The number of piperidine rings is 1. The van der Waals surface area contributed by atoms with E-state index in [4.69, 9.17) is 11.6 Å². The first-order chi connectivity index (χ1) is 12.3. The van der Waals surface area contributed by atoms with Gasteiger partial charge in [-0.05, 0) is 56.9 Å². The van der Waals surface area contributed by atoms with E-state index >= 15 is 0 Å². The Morgan fingerprint density at radius 3 is 2.50 bits per heavy atom. The summed E-state index contributed by atoms with van der Waals surface area (Å²) in [6.45, 7) is 3.00. The molecular formula is C19H23ClN2O4. The molecule has 1 aromatic carbocycles. The quantitative estimate of drug-likeness (QED) is 0.877. The highest BCUT2D eigenvalue weighted by atomic mass is 35.5. The minimum Gasteiger partial charge on any atom is -0.480 e. The van der Waals surface area contributed by atoms with Gasteiger partial charge in [-0.2, -0.15) is 0 Å². The molecule has 26 heavy (non-hydrogen) atoms. The number of likely N-dealkylation sites (tertiary alicyclic amines) is 2. The van der Waals surface area contributed by atoms with E-state index in [9.17, 15) is 19.5 Å². The minimum atomic E-state index is -1.14. The van der Waals surface area contributed by atoms with E-state index in [1.165, 1.54) is 4.90 Å². The summed E-state index contributed by atoms with van der Waals surface area (Å²) in [7, 11) is 0. The van der Waals surface area contributed by atoms with Gasteiger partial charge in [0.1, 0.15) is 5.54 Å². The summed E-state index contributed by atoms with van der Waals surface area (Å²) < 4.78 is 0. The van der Waals surface area contributed by atoms with Crippen LogP contribution in [0.15, 0.2) is 24.3 Å². The molecule has 140 valence electrons. The lowest BCUT2D eigenvalue weighted by Gasteiger charge is -2.38. The summed E-state index contributed by atoms with van der Waals surface area (Å²) in [6.07, 6.45) is 2.56. The molecule has 2 saturated heterocycles. The van der Waals surface area contributed by atoms with Crippen LogP contribution in [-0.4, -0.2) is 57.9 Å². The van der Waals surface area contributed by atoms with Crippen molar-refractivity contribution in [1.82, 2.24) is 9.80 Å². The number of halogens is 1. The Kier molecular flexibility index (Phi) is 5.23. The summed E-state index contributed by atoms with van der Waals surface area (Å²) in [6, 6.07) is 6.70. The van der Waals surface area contributed by atoms with E-state index in [-0.39, 0.29) is 17.7 Å². The number of nitrogens with zero attached hydrogens (tertiary/aromatic N) is 2. The second-order valence-corrected chi connectivity index (χ2v) is 7.71. The lowest BCUT2D eigenvalue weighted by molar-refractivity contribution is -0.157. The smallest absolute Gasteiger partial charge is 0.329 e. The summed E-state index contributed by atoms with van der Waals surface area (Å²) in [4.78, 5) is 40.5. The highest BCUT2D eigenvalue weighted by molar-refractivity contribution is 6.30. The molecule has 0 spiro atoms. The maximum Gasteiger partial charge on any atom is 0.329 e. The topological polar surface area (TPSA) is 77.9 Å². The first kappa shape index (κ1) is 18.7. The van der Waals surface area contributed by atoms with Crippen molar-refractivity contribution in [3.05, 3.63) is 34.9 Å². The highest BCUT2D eigenvalue weighted by Gasteiger charge is 2.47. The standard InChI is InChI=1S/C19H23ClN2O4/c1-19(18(25)26)9-3-11-22(19)17(24)14-4-2-10-21(12-14)16(23)13-5-7-15(20)8-6-13/h5-8,14H,2-4,9-12H2,1H3,(H,25,26). The molecule has 0 aromatic heterocycles. The van der Waals surface area contributed by atoms with E-state index < -0.39 is 11.5 Å². The average Bonchev–Trinajstić information content (AvgIpc) is 3.04. The fourth-order valence-corrected chi connectivity index (χ4v) is 4.02. The van der Waals surface area contributed by atoms with Crippen molar-refractivity contribution in [2.75, 3.05) is 19.6 Å². The number of carboxylic acids is 1. The summed E-state index contributed by atoms with van der Waals surface area (Å²) >= 11 is 5.87. The van der Waals surface area contributed by atoms with Gasteiger partial charge < -0.3 is 14.9 Å². The molecule has 2 atom stereocenters. The summed E-state index contributed by atoms with van der Waals surface area (Å²) in [5.74, 6) is -1.59. The van der Waals surface area contributed by atoms with Crippen LogP contribution in [0.2, 0.25) is 5.02 Å². The number of aliphatic carboxylic acids is 1. The third-order valence-corrected chi connectivity index (χ3v) is 5.77. The molecule has 0 aliphatic carbocycles. The molecule has 2 aliphatic rings. The van der Waals surface area contributed by atoms with Gasteiger partial charge in [-0.25, -0.2) is 4.79 Å². The molecule has 1 aromatic rings. The maximum absolute atomic E-state index is 13.0. The van der Waals surface area contributed by atoms with Crippen molar-refractivity contribution >= 4 is 29.4 Å². The zero-order valence-corrected chi connectivity index (χ0v) is 15.5. The number of benzene rings is 1. The van der Waals surface area contributed by atoms with Gasteiger partial charge in [0.15, 0.2) is 0 Å². The highest BCUT2D eigenvalue weighted by Crippen LogP contribution is 2.32. The third-order valence-electron chi connectivity index (χ3n) is 5.52. The van der Waals surface area contributed by atoms with E-state index in [2.05, 4.69) is 0 Å². The Bertz CT molecular complexity index is 721. The molecule has 6 nitrogen and oxygen atoms in total. The Balaban J connectivity index is 1.72. The lowest BCUT2D eigenvalue weighted by Crippen LogP contribution is -2.55. The second-order valence-electron chi connectivity index (χ2n) is 7.27. The summed E-state index contributed by atoms with van der Waals surface area (Å²) in [5, 5.41) is 10.1. The van der Waals surface area contributed by atoms with E-state index in [1.54, 1.807) is 36.1 Å². The number of rotatable bonds is 3. The molecule has 2 fully saturated rings. The van der Waals surface area contributed by atoms with Gasteiger partial charge in [0, 0.05) is 30.2 Å². The predicted molar refractivity (Wildman–Crippen MR) is 97.1 cm³/mol. The molecule has 2 amide bonds. The normalized spacial score (nSPS) is 26.0. The van der Waals surface area contributed by atoms with Crippen LogP contribution in [0.5, 0.6) is 0 Å². The van der Waals surface area contributed by atoms with Crippen molar-refractivity contribution < 1.29 is 19.5 Å². The number of carbonyl (C=O) groups is 3. The fraction of sp³-hybridized carbons (Fsp3) is 0.526. The van der Waals surface area contributed by atoms with Crippen molar-refractivity contribution in [3.63, 3.8) is 0 Å². The zero-order chi connectivity index (χ0) is 18.9. The third kappa shape index (κ3) is 3.43. The van der Waals surface area contributed by atoms with Crippen LogP contribution in [0.3, 0.4) is 0 Å². The zero-order valence-electron chi connectivity index (χ0n) is 14.8. The molecule has 7 heteroatoms. The SMILES string of the molecule is CC1(C(=O)O)CCCN1C(=O)C1CCCN(C(=O)c2ccc(Cl)cc2)C1. The Morgan fingerprint density at radius 2 is 1.85 bits per heavy atom. The van der Waals surface area contributed by atoms with Crippen molar-refractivity contribution in [2.45, 2.75) is 38.1 Å². The number of hydrogen-bond acceptors (Lipinski definition) is 3. The van der Waals surface area contributed by atoms with E-state index in [0.29, 0.717) is 49.5 Å². The molecule has 2 heterocycles. The van der Waals surface area contributed by atoms with Gasteiger partial charge in [0.05, 0.1) is 5.92 Å². The van der Waals surface area contributed by atoms with Gasteiger partial charge in [-0.15, -0.1) is 0 Å². The number of amides is 2. The van der Waals surface area contributed by atoms with Crippen LogP contribution < -0.4 is 0 Å². The molecule has 1 N–H and O–H groups in total. The van der Waals surface area contributed by atoms with Gasteiger partial charge in [0.25, 0.3) is 5.91 Å². The van der Waals surface area contributed by atoms with Crippen molar-refractivity contribution in [1.29, 1.82) is 0 Å². The number of carboxylic acid groups (broad SMARTS) is 1. The molecule has 3 rings (SSSR count). The molecule has 2 aliphatic heterocycles. The van der Waals surface area contributed by atoms with Gasteiger partial charge in [0.2, 0.25) is 5.91 Å². The summed E-state index contributed by atoms with van der Waals surface area (Å²) in [5.41, 5.74) is -0.599. The average molecular weight is 379 g/mol. The molecular weight excluding hydrogens is 356 g/mol. The molecule has 0 saturated carbocycles. The first-order valence-electron chi connectivity index (χ1n) is 8.92. The Morgan fingerprint density at radius 1 is 1.15 bits per heavy atom. The first-order valence-corrected chi connectivity index (χ1v) is 9.30. The predicted octanol–water partition coefficient (Wildman–Crippen LogP) is 2.66. The van der Waals surface area contributed by atoms with Crippen LogP contribution in [0.1, 0.15) is 43.0 Å². The molecule has 0 radical (unpaired) electrons. The number of carbonyl (C=O) groups excluding carboxylic acids is 2. The lowest BCUT2D eigenvalue weighted by atomic mass is 9.93. The van der Waals surface area contributed by atoms with Crippen molar-refractivity contribution in [3.8, 4) is 0 Å². The van der Waals surface area contributed by atoms with E-state index in [1.807, 2.05) is 0 Å². The Labute approximate surface area is 157 Å². The van der Waals surface area contributed by atoms with Crippen LogP contribution in [0, 0.1) is 5.92 Å². The van der Waals surface area contributed by atoms with Gasteiger partial charge in [-0.1, -0.05) is 11.6 Å². The van der Waals surface area contributed by atoms with Gasteiger partial charge in [-0.3, -0.25) is 9.59 Å². The number of hydrogen-bond donors (Lipinski definition) is 1. The monoisotopic (exact) mass is 378 g/mol. The van der Waals surface area contributed by atoms with E-state index in [0.717, 1.165) is 6.42 Å². The van der Waals surface area contributed by atoms with Gasteiger partial charge >= 0.3 is 5.97 Å². The Hall–Kier alpha value is -2.08. The van der Waals surface area contributed by atoms with Crippen LogP contribution >= 0.6 is 11.6 Å². The van der Waals surface area contributed by atoms with Crippen LogP contribution in [-0.2, 0) is 9.59 Å². The molecule has 2 unspecified atom stereocenters. The van der Waals surface area contributed by atoms with Crippen LogP contribution in [0.4, 0.5) is 0 Å². The minimum absolute atomic E-state index is 0.124. The fourth-order valence-electron chi connectivity index (χ4n) is 3.90. The van der Waals surface area contributed by atoms with Crippen molar-refractivity contribution in [2.24, 2.45) is 5.92 Å². The maximum atomic E-state index is 13.0. The van der Waals surface area contributed by atoms with Crippen LogP contribution in [0.25, 0.3) is 0 Å². The molecule has 0 bridgehead atoms. The second kappa shape index (κ2) is 7.27. The largest absolute Gasteiger partial charge is 0.480 e.